The predicted molar refractivity (Wildman–Crippen MR) is 117 cm³/mol. The topological polar surface area (TPSA) is 66.5 Å². The summed E-state index contributed by atoms with van der Waals surface area (Å²) >= 11 is 5.75. The standard InChI is InChI=1S/C22H26ClFN2O3S/c1-22(2,3)16-7-9-17(10-8-16)30(28,29)26-13-11-15(12-14-26)21(27)25-19-6-4-5-18(23)20(19)24/h4-10,15H,11-14H2,1-3H3,(H,25,27). The molecule has 2 aromatic rings. The van der Waals surface area contributed by atoms with Gasteiger partial charge in [0.15, 0.2) is 5.82 Å². The lowest BCUT2D eigenvalue weighted by atomic mass is 9.87. The molecule has 0 spiro atoms. The van der Waals surface area contributed by atoms with Gasteiger partial charge in [0.25, 0.3) is 0 Å². The molecule has 3 rings (SSSR count). The minimum absolute atomic E-state index is 0.0292. The van der Waals surface area contributed by atoms with Crippen molar-refractivity contribution in [1.29, 1.82) is 0 Å². The van der Waals surface area contributed by atoms with Gasteiger partial charge in [0, 0.05) is 19.0 Å². The van der Waals surface area contributed by atoms with Crippen molar-refractivity contribution in [2.75, 3.05) is 18.4 Å². The molecule has 1 aliphatic rings. The van der Waals surface area contributed by atoms with Crippen LogP contribution in [0.1, 0.15) is 39.2 Å². The lowest BCUT2D eigenvalue weighted by Gasteiger charge is -2.30. The summed E-state index contributed by atoms with van der Waals surface area (Å²) < 4.78 is 41.3. The van der Waals surface area contributed by atoms with E-state index in [-0.39, 0.29) is 40.0 Å². The van der Waals surface area contributed by atoms with Gasteiger partial charge >= 0.3 is 0 Å². The summed E-state index contributed by atoms with van der Waals surface area (Å²) in [5.41, 5.74) is 1.03. The van der Waals surface area contributed by atoms with E-state index in [2.05, 4.69) is 26.1 Å². The normalized spacial score (nSPS) is 16.4. The number of anilines is 1. The second kappa shape index (κ2) is 8.65. The molecule has 5 nitrogen and oxygen atoms in total. The summed E-state index contributed by atoms with van der Waals surface area (Å²) in [6, 6.07) is 11.4. The number of rotatable bonds is 4. The average Bonchev–Trinajstić information content (AvgIpc) is 2.71. The van der Waals surface area contributed by atoms with Gasteiger partial charge in [-0.2, -0.15) is 4.31 Å². The van der Waals surface area contributed by atoms with Gasteiger partial charge in [0.05, 0.1) is 15.6 Å². The van der Waals surface area contributed by atoms with Gasteiger partial charge in [-0.1, -0.05) is 50.6 Å². The molecule has 0 aromatic heterocycles. The van der Waals surface area contributed by atoms with Gasteiger partial charge in [-0.15, -0.1) is 0 Å². The number of hydrogen-bond acceptors (Lipinski definition) is 3. The monoisotopic (exact) mass is 452 g/mol. The highest BCUT2D eigenvalue weighted by Crippen LogP contribution is 2.28. The first-order chi connectivity index (χ1) is 14.0. The molecule has 2 aromatic carbocycles. The Kier molecular flexibility index (Phi) is 6.55. The molecule has 0 radical (unpaired) electrons. The summed E-state index contributed by atoms with van der Waals surface area (Å²) in [5.74, 6) is -1.40. The Morgan fingerprint density at radius 1 is 1.10 bits per heavy atom. The maximum Gasteiger partial charge on any atom is 0.243 e. The third kappa shape index (κ3) is 4.85. The van der Waals surface area contributed by atoms with E-state index < -0.39 is 21.8 Å². The van der Waals surface area contributed by atoms with E-state index in [9.17, 15) is 17.6 Å². The lowest BCUT2D eigenvalue weighted by molar-refractivity contribution is -0.120. The van der Waals surface area contributed by atoms with Gasteiger partial charge in [0.1, 0.15) is 0 Å². The molecule has 30 heavy (non-hydrogen) atoms. The summed E-state index contributed by atoms with van der Waals surface area (Å²) in [7, 11) is -3.62. The van der Waals surface area contributed by atoms with E-state index in [1.807, 2.05) is 12.1 Å². The molecular formula is C22H26ClFN2O3S. The maximum absolute atomic E-state index is 14.0. The minimum atomic E-state index is -3.62. The van der Waals surface area contributed by atoms with Crippen LogP contribution in [0.3, 0.4) is 0 Å². The fraction of sp³-hybridized carbons (Fsp3) is 0.409. The van der Waals surface area contributed by atoms with Gasteiger partial charge in [-0.25, -0.2) is 12.8 Å². The predicted octanol–water partition coefficient (Wildman–Crippen LogP) is 4.82. The Balaban J connectivity index is 1.64. The Morgan fingerprint density at radius 3 is 2.27 bits per heavy atom. The number of sulfonamides is 1. The van der Waals surface area contributed by atoms with Crippen LogP contribution in [0.25, 0.3) is 0 Å². The van der Waals surface area contributed by atoms with Gasteiger partial charge in [-0.05, 0) is 48.1 Å². The molecule has 1 fully saturated rings. The summed E-state index contributed by atoms with van der Waals surface area (Å²) in [4.78, 5) is 12.7. The van der Waals surface area contributed by atoms with Crippen molar-refractivity contribution in [2.45, 2.75) is 43.9 Å². The first-order valence-corrected chi connectivity index (χ1v) is 11.7. The van der Waals surface area contributed by atoms with E-state index >= 15 is 0 Å². The van der Waals surface area contributed by atoms with Gasteiger partial charge in [-0.3, -0.25) is 4.79 Å². The first-order valence-electron chi connectivity index (χ1n) is 9.86. The zero-order valence-corrected chi connectivity index (χ0v) is 18.9. The first kappa shape index (κ1) is 22.7. The molecule has 0 atom stereocenters. The Bertz CT molecular complexity index is 1030. The summed E-state index contributed by atoms with van der Waals surface area (Å²) in [6.45, 7) is 6.68. The Hall–Kier alpha value is -1.96. The molecule has 1 N–H and O–H groups in total. The van der Waals surface area contributed by atoms with Crippen LogP contribution >= 0.6 is 11.6 Å². The van der Waals surface area contributed by atoms with Crippen molar-refractivity contribution in [1.82, 2.24) is 4.31 Å². The average molecular weight is 453 g/mol. The quantitative estimate of drug-likeness (QED) is 0.723. The Morgan fingerprint density at radius 2 is 1.70 bits per heavy atom. The highest BCUT2D eigenvalue weighted by Gasteiger charge is 2.32. The zero-order valence-electron chi connectivity index (χ0n) is 17.3. The number of halogens is 2. The second-order valence-electron chi connectivity index (χ2n) is 8.54. The zero-order chi connectivity index (χ0) is 22.1. The third-order valence-corrected chi connectivity index (χ3v) is 7.60. The molecular weight excluding hydrogens is 427 g/mol. The van der Waals surface area contributed by atoms with Crippen LogP contribution in [0, 0.1) is 11.7 Å². The van der Waals surface area contributed by atoms with Crippen molar-refractivity contribution in [3.05, 3.63) is 58.9 Å². The number of nitrogens with one attached hydrogen (secondary N) is 1. The van der Waals surface area contributed by atoms with E-state index in [0.29, 0.717) is 12.8 Å². The molecule has 1 saturated heterocycles. The van der Waals surface area contributed by atoms with Gasteiger partial charge in [0.2, 0.25) is 15.9 Å². The molecule has 0 bridgehead atoms. The largest absolute Gasteiger partial charge is 0.323 e. The molecule has 1 aliphatic heterocycles. The van der Waals surface area contributed by atoms with E-state index in [4.69, 9.17) is 11.6 Å². The highest BCUT2D eigenvalue weighted by molar-refractivity contribution is 7.89. The molecule has 0 saturated carbocycles. The third-order valence-electron chi connectivity index (χ3n) is 5.39. The van der Waals surface area contributed by atoms with E-state index in [1.165, 1.54) is 16.4 Å². The highest BCUT2D eigenvalue weighted by atomic mass is 35.5. The van der Waals surface area contributed by atoms with Crippen molar-refractivity contribution in [3.8, 4) is 0 Å². The van der Waals surface area contributed by atoms with Crippen LogP contribution in [-0.4, -0.2) is 31.7 Å². The number of nitrogens with zero attached hydrogens (tertiary/aromatic N) is 1. The van der Waals surface area contributed by atoms with Crippen LogP contribution in [0.15, 0.2) is 47.4 Å². The molecule has 1 amide bonds. The SMILES string of the molecule is CC(C)(C)c1ccc(S(=O)(=O)N2CCC(C(=O)Nc3cccc(Cl)c3F)CC2)cc1. The van der Waals surface area contributed by atoms with Crippen molar-refractivity contribution >= 4 is 33.2 Å². The smallest absolute Gasteiger partial charge is 0.243 e. The van der Waals surface area contributed by atoms with E-state index in [1.54, 1.807) is 18.2 Å². The number of carbonyl (C=O) groups is 1. The van der Waals surface area contributed by atoms with Gasteiger partial charge < -0.3 is 5.32 Å². The van der Waals surface area contributed by atoms with Crippen LogP contribution < -0.4 is 5.32 Å². The summed E-state index contributed by atoms with van der Waals surface area (Å²) in [5, 5.41) is 2.50. The molecule has 162 valence electrons. The number of amides is 1. The van der Waals surface area contributed by atoms with Crippen molar-refractivity contribution in [3.63, 3.8) is 0 Å². The van der Waals surface area contributed by atoms with Crippen molar-refractivity contribution in [2.24, 2.45) is 5.92 Å². The van der Waals surface area contributed by atoms with E-state index in [0.717, 1.165) is 5.56 Å². The molecule has 0 aliphatic carbocycles. The fourth-order valence-electron chi connectivity index (χ4n) is 3.47. The fourth-order valence-corrected chi connectivity index (χ4v) is 5.11. The lowest BCUT2D eigenvalue weighted by Crippen LogP contribution is -2.41. The molecule has 0 unspecified atom stereocenters. The Labute approximate surface area is 182 Å². The summed E-state index contributed by atoms with van der Waals surface area (Å²) in [6.07, 6.45) is 0.737. The van der Waals surface area contributed by atoms with Crippen LogP contribution in [0.4, 0.5) is 10.1 Å². The van der Waals surface area contributed by atoms with Crippen molar-refractivity contribution < 1.29 is 17.6 Å². The van der Waals surface area contributed by atoms with Crippen LogP contribution in [0.5, 0.6) is 0 Å². The number of carbonyl (C=O) groups excluding carboxylic acids is 1. The molecule has 1 heterocycles. The molecule has 8 heteroatoms. The number of piperidine rings is 1. The second-order valence-corrected chi connectivity index (χ2v) is 10.9. The van der Waals surface area contributed by atoms with Crippen LogP contribution in [-0.2, 0) is 20.2 Å². The minimum Gasteiger partial charge on any atom is -0.323 e. The number of hydrogen-bond donors (Lipinski definition) is 1. The maximum atomic E-state index is 14.0. The number of benzene rings is 2. The van der Waals surface area contributed by atoms with Crippen LogP contribution in [0.2, 0.25) is 5.02 Å².